The number of likely N-dealkylation sites (N-methyl/N-ethyl adjacent to an activating group) is 1. The average Bonchev–Trinajstić information content (AvgIpc) is 2.51. The predicted molar refractivity (Wildman–Crippen MR) is 89.5 cm³/mol. The zero-order valence-electron chi connectivity index (χ0n) is 15.5. The van der Waals surface area contributed by atoms with Crippen molar-refractivity contribution in [2.24, 2.45) is 5.92 Å². The summed E-state index contributed by atoms with van der Waals surface area (Å²) in [4.78, 5) is 48.6. The average molecular weight is 356 g/mol. The van der Waals surface area contributed by atoms with E-state index < -0.39 is 30.4 Å². The Kier molecular flexibility index (Phi) is 7.86. The number of ketones is 1. The van der Waals surface area contributed by atoms with Crippen LogP contribution in [0.5, 0.6) is 0 Å². The topological polar surface area (TPSA) is 102 Å². The molecular formula is C17H28N2O6. The number of Topliss-reactive ketones (excluding diaryl/α,β-unsaturated/α-hetero) is 1. The number of carbonyl (C=O) groups is 4. The molecular weight excluding hydrogens is 328 g/mol. The molecule has 2 amide bonds. The van der Waals surface area contributed by atoms with Gasteiger partial charge in [-0.25, -0.2) is 9.59 Å². The molecule has 0 aromatic rings. The summed E-state index contributed by atoms with van der Waals surface area (Å²) in [6.07, 6.45) is 0.936. The first-order valence-electron chi connectivity index (χ1n) is 8.57. The zero-order valence-corrected chi connectivity index (χ0v) is 15.5. The number of hydrogen-bond acceptors (Lipinski definition) is 6. The molecule has 25 heavy (non-hydrogen) atoms. The van der Waals surface area contributed by atoms with Crippen LogP contribution < -0.4 is 5.32 Å². The summed E-state index contributed by atoms with van der Waals surface area (Å²) in [5.41, 5.74) is 0. The highest BCUT2D eigenvalue weighted by Crippen LogP contribution is 2.19. The van der Waals surface area contributed by atoms with Crippen molar-refractivity contribution in [1.29, 1.82) is 0 Å². The molecule has 1 aliphatic rings. The van der Waals surface area contributed by atoms with E-state index >= 15 is 0 Å². The highest BCUT2D eigenvalue weighted by molar-refractivity contribution is 5.88. The number of esters is 1. The largest absolute Gasteiger partial charge is 0.424 e. The van der Waals surface area contributed by atoms with E-state index in [0.29, 0.717) is 12.8 Å². The van der Waals surface area contributed by atoms with Gasteiger partial charge >= 0.3 is 12.1 Å². The van der Waals surface area contributed by atoms with E-state index in [1.165, 1.54) is 25.8 Å². The molecule has 142 valence electrons. The van der Waals surface area contributed by atoms with E-state index in [1.54, 1.807) is 13.8 Å². The smallest absolute Gasteiger partial charge is 0.413 e. The second kappa shape index (κ2) is 9.39. The Hall–Kier alpha value is -2.12. The maximum absolute atomic E-state index is 12.2. The first-order chi connectivity index (χ1) is 11.6. The standard InChI is InChI=1S/C17H28N2O6/c1-10(2)15(18-11(3)20)16(22)24-12(4)25-17(23)19(5)13-8-6-7-9-14(13)21/h10,12-13,15H,6-9H2,1-5H3,(H,18,20)/t12?,13-,15?/m1/s1. The summed E-state index contributed by atoms with van der Waals surface area (Å²) in [7, 11) is 1.50. The van der Waals surface area contributed by atoms with Gasteiger partial charge in [0, 0.05) is 27.3 Å². The molecule has 1 rings (SSSR count). The molecule has 0 aromatic heterocycles. The highest BCUT2D eigenvalue weighted by atomic mass is 16.7. The number of nitrogens with one attached hydrogen (secondary N) is 1. The minimum atomic E-state index is -1.13. The third kappa shape index (κ3) is 6.36. The molecule has 1 saturated carbocycles. The fourth-order valence-electron chi connectivity index (χ4n) is 2.70. The number of hydrogen-bond donors (Lipinski definition) is 1. The summed E-state index contributed by atoms with van der Waals surface area (Å²) in [5.74, 6) is -1.19. The van der Waals surface area contributed by atoms with Crippen LogP contribution >= 0.6 is 0 Å². The summed E-state index contributed by atoms with van der Waals surface area (Å²) in [6, 6.07) is -1.32. The van der Waals surface area contributed by atoms with Gasteiger partial charge in [-0.15, -0.1) is 0 Å². The molecule has 0 aromatic carbocycles. The summed E-state index contributed by atoms with van der Waals surface area (Å²) >= 11 is 0. The van der Waals surface area contributed by atoms with Crippen molar-refractivity contribution in [2.45, 2.75) is 71.8 Å². The maximum atomic E-state index is 12.2. The highest BCUT2D eigenvalue weighted by Gasteiger charge is 2.32. The fourth-order valence-corrected chi connectivity index (χ4v) is 2.70. The van der Waals surface area contributed by atoms with Gasteiger partial charge in [-0.2, -0.15) is 0 Å². The number of rotatable bonds is 6. The molecule has 0 heterocycles. The van der Waals surface area contributed by atoms with Gasteiger partial charge in [0.2, 0.25) is 12.2 Å². The van der Waals surface area contributed by atoms with Crippen molar-refractivity contribution in [2.75, 3.05) is 7.05 Å². The van der Waals surface area contributed by atoms with E-state index in [2.05, 4.69) is 5.32 Å². The minimum Gasteiger partial charge on any atom is -0.424 e. The van der Waals surface area contributed by atoms with Crippen LogP contribution in [0.3, 0.4) is 0 Å². The normalized spacial score (nSPS) is 19.8. The lowest BCUT2D eigenvalue weighted by Crippen LogP contribution is -2.47. The Morgan fingerprint density at radius 3 is 2.32 bits per heavy atom. The lowest BCUT2D eigenvalue weighted by molar-refractivity contribution is -0.171. The molecule has 8 heteroatoms. The second-order valence-corrected chi connectivity index (χ2v) is 6.65. The second-order valence-electron chi connectivity index (χ2n) is 6.65. The van der Waals surface area contributed by atoms with Crippen molar-refractivity contribution in [3.63, 3.8) is 0 Å². The molecule has 1 aliphatic carbocycles. The Balaban J connectivity index is 2.57. The first-order valence-corrected chi connectivity index (χ1v) is 8.57. The van der Waals surface area contributed by atoms with E-state index in [4.69, 9.17) is 9.47 Å². The molecule has 0 bridgehead atoms. The van der Waals surface area contributed by atoms with E-state index in [-0.39, 0.29) is 17.6 Å². The van der Waals surface area contributed by atoms with Crippen molar-refractivity contribution in [3.05, 3.63) is 0 Å². The molecule has 0 saturated heterocycles. The predicted octanol–water partition coefficient (Wildman–Crippen LogP) is 1.62. The summed E-state index contributed by atoms with van der Waals surface area (Å²) < 4.78 is 10.2. The Morgan fingerprint density at radius 2 is 1.80 bits per heavy atom. The van der Waals surface area contributed by atoms with E-state index in [0.717, 1.165) is 12.8 Å². The lowest BCUT2D eigenvalue weighted by atomic mass is 9.93. The van der Waals surface area contributed by atoms with Crippen LogP contribution in [0.15, 0.2) is 0 Å². The number of carbonyl (C=O) groups excluding carboxylic acids is 4. The molecule has 8 nitrogen and oxygen atoms in total. The van der Waals surface area contributed by atoms with Gasteiger partial charge in [0.05, 0.1) is 6.04 Å². The zero-order chi connectivity index (χ0) is 19.1. The SMILES string of the molecule is CC(=O)NC(C(=O)OC(C)OC(=O)N(C)[C@@H]1CCCCC1=O)C(C)C. The molecule has 1 N–H and O–H groups in total. The Morgan fingerprint density at radius 1 is 1.16 bits per heavy atom. The molecule has 0 spiro atoms. The van der Waals surface area contributed by atoms with E-state index in [9.17, 15) is 19.2 Å². The third-order valence-electron chi connectivity index (χ3n) is 4.11. The molecule has 3 atom stereocenters. The van der Waals surface area contributed by atoms with Crippen LogP contribution in [0.2, 0.25) is 0 Å². The first kappa shape index (κ1) is 20.9. The van der Waals surface area contributed by atoms with Crippen molar-refractivity contribution < 1.29 is 28.7 Å². The van der Waals surface area contributed by atoms with Crippen molar-refractivity contribution >= 4 is 23.8 Å². The molecule has 1 fully saturated rings. The van der Waals surface area contributed by atoms with Crippen LogP contribution in [0.1, 0.15) is 53.4 Å². The van der Waals surface area contributed by atoms with Gasteiger partial charge in [0.15, 0.2) is 5.78 Å². The number of nitrogens with zero attached hydrogens (tertiary/aromatic N) is 1. The third-order valence-corrected chi connectivity index (χ3v) is 4.11. The van der Waals surface area contributed by atoms with Crippen LogP contribution in [0, 0.1) is 5.92 Å². The van der Waals surface area contributed by atoms with Gasteiger partial charge in [-0.05, 0) is 18.8 Å². The van der Waals surface area contributed by atoms with Gasteiger partial charge in [-0.3, -0.25) is 9.59 Å². The summed E-state index contributed by atoms with van der Waals surface area (Å²) in [5, 5.41) is 2.51. The monoisotopic (exact) mass is 356 g/mol. The van der Waals surface area contributed by atoms with Gasteiger partial charge in [-0.1, -0.05) is 20.3 Å². The van der Waals surface area contributed by atoms with E-state index in [1.807, 2.05) is 0 Å². The van der Waals surface area contributed by atoms with Crippen molar-refractivity contribution in [3.8, 4) is 0 Å². The van der Waals surface area contributed by atoms with Crippen LogP contribution in [0.25, 0.3) is 0 Å². The Labute approximate surface area is 148 Å². The van der Waals surface area contributed by atoms with Crippen molar-refractivity contribution in [1.82, 2.24) is 10.2 Å². The number of amides is 2. The maximum Gasteiger partial charge on any atom is 0.413 e. The molecule has 0 aliphatic heterocycles. The van der Waals surface area contributed by atoms with Gasteiger partial charge in [0.25, 0.3) is 0 Å². The van der Waals surface area contributed by atoms with Gasteiger partial charge in [0.1, 0.15) is 6.04 Å². The van der Waals surface area contributed by atoms with Gasteiger partial charge < -0.3 is 19.7 Å². The Bertz CT molecular complexity index is 519. The van der Waals surface area contributed by atoms with Crippen LogP contribution in [-0.4, -0.2) is 54.1 Å². The summed E-state index contributed by atoms with van der Waals surface area (Å²) in [6.45, 7) is 6.25. The van der Waals surface area contributed by atoms with Crippen LogP contribution in [0.4, 0.5) is 4.79 Å². The quantitative estimate of drug-likeness (QED) is 0.573. The molecule has 2 unspecified atom stereocenters. The lowest BCUT2D eigenvalue weighted by Gasteiger charge is -2.30. The fraction of sp³-hybridized carbons (Fsp3) is 0.765. The molecule has 0 radical (unpaired) electrons. The minimum absolute atomic E-state index is 0.0147. The van der Waals surface area contributed by atoms with Crippen LogP contribution in [-0.2, 0) is 23.9 Å². The number of ether oxygens (including phenoxy) is 2.